The number of thiophene rings is 1. The molecule has 0 spiro atoms. The first-order valence-corrected chi connectivity index (χ1v) is 10.1. The van der Waals surface area contributed by atoms with Gasteiger partial charge in [-0.1, -0.05) is 18.2 Å². The molecule has 2 heterocycles. The van der Waals surface area contributed by atoms with E-state index in [4.69, 9.17) is 15.2 Å². The minimum Gasteiger partial charge on any atom is -0.481 e. The van der Waals surface area contributed by atoms with Gasteiger partial charge in [0, 0.05) is 11.4 Å². The molecule has 9 heteroatoms. The van der Waals surface area contributed by atoms with Gasteiger partial charge in [0.25, 0.3) is 11.8 Å². The van der Waals surface area contributed by atoms with E-state index in [1.807, 2.05) is 18.2 Å². The van der Waals surface area contributed by atoms with Crippen LogP contribution in [0.2, 0.25) is 0 Å². The number of carbonyl (C=O) groups is 3. The van der Waals surface area contributed by atoms with Crippen LogP contribution in [0.3, 0.4) is 0 Å². The van der Waals surface area contributed by atoms with Crippen molar-refractivity contribution in [1.82, 2.24) is 4.90 Å². The molecular formula is C20H23N3O5S. The van der Waals surface area contributed by atoms with Gasteiger partial charge in [0.2, 0.25) is 0 Å². The number of nitrogens with zero attached hydrogens (tertiary/aromatic N) is 1. The van der Waals surface area contributed by atoms with Crippen molar-refractivity contribution >= 4 is 34.2 Å². The van der Waals surface area contributed by atoms with Crippen molar-refractivity contribution in [3.63, 3.8) is 0 Å². The molecule has 3 rings (SSSR count). The molecule has 3 N–H and O–H groups in total. The van der Waals surface area contributed by atoms with Gasteiger partial charge in [-0.05, 0) is 38.0 Å². The van der Waals surface area contributed by atoms with Crippen LogP contribution in [0.1, 0.15) is 34.6 Å². The van der Waals surface area contributed by atoms with Crippen LogP contribution in [0.15, 0.2) is 30.3 Å². The van der Waals surface area contributed by atoms with Gasteiger partial charge in [-0.2, -0.15) is 0 Å². The lowest BCUT2D eigenvalue weighted by Crippen LogP contribution is -2.36. The monoisotopic (exact) mass is 417 g/mol. The Bertz CT molecular complexity index is 912. The molecular weight excluding hydrogens is 394 g/mol. The zero-order valence-electron chi connectivity index (χ0n) is 16.3. The number of primary amides is 1. The molecule has 1 aromatic carbocycles. The molecule has 1 aliphatic rings. The lowest BCUT2D eigenvalue weighted by Gasteiger charge is -2.26. The number of amides is 3. The molecule has 0 saturated heterocycles. The number of rotatable bonds is 6. The largest absolute Gasteiger partial charge is 0.481 e. The second kappa shape index (κ2) is 8.95. The van der Waals surface area contributed by atoms with Crippen molar-refractivity contribution < 1.29 is 23.9 Å². The van der Waals surface area contributed by atoms with E-state index in [9.17, 15) is 14.4 Å². The number of carbonyl (C=O) groups excluding carboxylic acids is 3. The fourth-order valence-electron chi connectivity index (χ4n) is 3.09. The predicted molar refractivity (Wildman–Crippen MR) is 109 cm³/mol. The summed E-state index contributed by atoms with van der Waals surface area (Å²) in [5.74, 6) is -0.433. The van der Waals surface area contributed by atoms with Crippen molar-refractivity contribution in [1.29, 1.82) is 0 Å². The van der Waals surface area contributed by atoms with Crippen molar-refractivity contribution in [2.24, 2.45) is 5.73 Å². The third-order valence-electron chi connectivity index (χ3n) is 4.49. The summed E-state index contributed by atoms with van der Waals surface area (Å²) in [5.41, 5.74) is 6.65. The summed E-state index contributed by atoms with van der Waals surface area (Å²) in [6, 6.07) is 8.99. The summed E-state index contributed by atoms with van der Waals surface area (Å²) in [5, 5.41) is 3.13. The second-order valence-electron chi connectivity index (χ2n) is 6.51. The summed E-state index contributed by atoms with van der Waals surface area (Å²) >= 11 is 1.24. The van der Waals surface area contributed by atoms with Crippen LogP contribution in [0.5, 0.6) is 5.75 Å². The fourth-order valence-corrected chi connectivity index (χ4v) is 4.36. The first-order chi connectivity index (χ1) is 13.9. The second-order valence-corrected chi connectivity index (χ2v) is 7.61. The van der Waals surface area contributed by atoms with Gasteiger partial charge in [-0.3, -0.25) is 9.59 Å². The lowest BCUT2D eigenvalue weighted by molar-refractivity contribution is -0.122. The van der Waals surface area contributed by atoms with E-state index in [1.54, 1.807) is 30.9 Å². The molecule has 1 aliphatic heterocycles. The van der Waals surface area contributed by atoms with Crippen molar-refractivity contribution in [3.8, 4) is 5.75 Å². The lowest BCUT2D eigenvalue weighted by atomic mass is 10.0. The quantitative estimate of drug-likeness (QED) is 0.751. The maximum atomic E-state index is 12.6. The maximum absolute atomic E-state index is 12.6. The number of fused-ring (bicyclic) bond motifs is 1. The molecule has 1 aromatic heterocycles. The number of anilines is 1. The summed E-state index contributed by atoms with van der Waals surface area (Å²) in [6.07, 6.45) is -0.703. The summed E-state index contributed by atoms with van der Waals surface area (Å²) in [4.78, 5) is 39.0. The highest BCUT2D eigenvalue weighted by atomic mass is 32.1. The zero-order valence-corrected chi connectivity index (χ0v) is 17.1. The average molecular weight is 417 g/mol. The fraction of sp³-hybridized carbons (Fsp3) is 0.350. The molecule has 0 aliphatic carbocycles. The van der Waals surface area contributed by atoms with Crippen LogP contribution >= 0.6 is 11.3 Å². The summed E-state index contributed by atoms with van der Waals surface area (Å²) in [7, 11) is 0. The molecule has 2 aromatic rings. The Kier molecular flexibility index (Phi) is 6.38. The van der Waals surface area contributed by atoms with E-state index in [2.05, 4.69) is 5.32 Å². The Morgan fingerprint density at radius 1 is 1.28 bits per heavy atom. The minimum absolute atomic E-state index is 0.291. The van der Waals surface area contributed by atoms with E-state index in [1.165, 1.54) is 11.3 Å². The third kappa shape index (κ3) is 4.68. The van der Waals surface area contributed by atoms with Crippen LogP contribution in [0.4, 0.5) is 9.80 Å². The van der Waals surface area contributed by atoms with Crippen LogP contribution in [0, 0.1) is 0 Å². The van der Waals surface area contributed by atoms with Crippen molar-refractivity contribution in [3.05, 3.63) is 46.3 Å². The van der Waals surface area contributed by atoms with Crippen LogP contribution in [0.25, 0.3) is 0 Å². The Balaban J connectivity index is 1.76. The number of benzene rings is 1. The zero-order chi connectivity index (χ0) is 21.0. The van der Waals surface area contributed by atoms with Gasteiger partial charge < -0.3 is 25.4 Å². The Morgan fingerprint density at radius 2 is 2.00 bits per heavy atom. The Labute approximate surface area is 172 Å². The highest BCUT2D eigenvalue weighted by Crippen LogP contribution is 2.37. The van der Waals surface area contributed by atoms with Crippen molar-refractivity contribution in [2.45, 2.75) is 32.9 Å². The predicted octanol–water partition coefficient (Wildman–Crippen LogP) is 2.77. The van der Waals surface area contributed by atoms with Gasteiger partial charge in [0.1, 0.15) is 10.8 Å². The number of nitrogens with two attached hydrogens (primary N) is 1. The standard InChI is InChI=1S/C20H23N3O5S/c1-3-27-20(26)23-10-9-14-15(11-23)29-19(16(14)17(21)24)22-18(25)12(2)28-13-7-5-4-6-8-13/h4-8,12H,3,9-11H2,1-2H3,(H2,21,24)(H,22,25). The van der Waals surface area contributed by atoms with Gasteiger partial charge in [-0.25, -0.2) is 4.79 Å². The smallest absolute Gasteiger partial charge is 0.410 e. The number of hydrogen-bond donors (Lipinski definition) is 2. The molecule has 154 valence electrons. The molecule has 1 atom stereocenters. The number of para-hydroxylation sites is 1. The molecule has 0 saturated carbocycles. The maximum Gasteiger partial charge on any atom is 0.410 e. The van der Waals surface area contributed by atoms with Crippen molar-refractivity contribution in [2.75, 3.05) is 18.5 Å². The minimum atomic E-state index is -0.770. The molecule has 29 heavy (non-hydrogen) atoms. The first kappa shape index (κ1) is 20.7. The normalized spacial score (nSPS) is 13.9. The van der Waals surface area contributed by atoms with E-state index in [0.29, 0.717) is 42.4 Å². The molecule has 0 radical (unpaired) electrons. The van der Waals surface area contributed by atoms with E-state index in [0.717, 1.165) is 10.4 Å². The summed E-state index contributed by atoms with van der Waals surface area (Å²) in [6.45, 7) is 4.40. The topological polar surface area (TPSA) is 111 Å². The van der Waals surface area contributed by atoms with Gasteiger partial charge >= 0.3 is 6.09 Å². The van der Waals surface area contributed by atoms with E-state index >= 15 is 0 Å². The molecule has 0 fully saturated rings. The van der Waals surface area contributed by atoms with Gasteiger partial charge in [-0.15, -0.1) is 11.3 Å². The molecule has 0 bridgehead atoms. The number of hydrogen-bond acceptors (Lipinski definition) is 6. The molecule has 1 unspecified atom stereocenters. The van der Waals surface area contributed by atoms with Crippen LogP contribution in [-0.2, 0) is 22.5 Å². The van der Waals surface area contributed by atoms with Crippen LogP contribution in [-0.4, -0.2) is 42.1 Å². The third-order valence-corrected chi connectivity index (χ3v) is 5.62. The SMILES string of the molecule is CCOC(=O)N1CCc2c(sc(NC(=O)C(C)Oc3ccccc3)c2C(N)=O)C1. The van der Waals surface area contributed by atoms with E-state index in [-0.39, 0.29) is 0 Å². The first-order valence-electron chi connectivity index (χ1n) is 9.29. The van der Waals surface area contributed by atoms with Gasteiger partial charge in [0.05, 0.1) is 18.7 Å². The Hall–Kier alpha value is -3.07. The number of ether oxygens (including phenoxy) is 2. The van der Waals surface area contributed by atoms with Gasteiger partial charge in [0.15, 0.2) is 6.10 Å². The molecule has 3 amide bonds. The highest BCUT2D eigenvalue weighted by Gasteiger charge is 2.30. The van der Waals surface area contributed by atoms with E-state index < -0.39 is 24.0 Å². The molecule has 8 nitrogen and oxygen atoms in total. The van der Waals surface area contributed by atoms with Crippen LogP contribution < -0.4 is 15.8 Å². The highest BCUT2D eigenvalue weighted by molar-refractivity contribution is 7.17. The average Bonchev–Trinajstić information content (AvgIpc) is 3.06. The number of nitrogens with one attached hydrogen (secondary N) is 1. The summed E-state index contributed by atoms with van der Waals surface area (Å²) < 4.78 is 10.7. The Morgan fingerprint density at radius 3 is 2.66 bits per heavy atom.